The molecule has 39 heavy (non-hydrogen) atoms. The average Bonchev–Trinajstić information content (AvgIpc) is 3.23. The molecule has 1 saturated carbocycles. The summed E-state index contributed by atoms with van der Waals surface area (Å²) in [6.07, 6.45) is 6.47. The van der Waals surface area contributed by atoms with E-state index in [0.29, 0.717) is 18.9 Å². The van der Waals surface area contributed by atoms with Gasteiger partial charge in [-0.25, -0.2) is 0 Å². The molecule has 6 heteroatoms. The topological polar surface area (TPSA) is 59.1 Å². The average molecular weight is 529 g/mol. The van der Waals surface area contributed by atoms with Crippen LogP contribution in [0.1, 0.15) is 62.3 Å². The lowest BCUT2D eigenvalue weighted by Crippen LogP contribution is -2.79. The quantitative estimate of drug-likeness (QED) is 0.394. The van der Waals surface area contributed by atoms with Gasteiger partial charge in [-0.15, -0.1) is 0 Å². The summed E-state index contributed by atoms with van der Waals surface area (Å²) in [4.78, 5) is 31.0. The van der Waals surface area contributed by atoms with E-state index >= 15 is 0 Å². The van der Waals surface area contributed by atoms with Gasteiger partial charge in [-0.3, -0.25) is 14.5 Å². The van der Waals surface area contributed by atoms with Crippen LogP contribution in [-0.4, -0.2) is 65.6 Å². The van der Waals surface area contributed by atoms with Crippen LogP contribution >= 0.6 is 0 Å². The van der Waals surface area contributed by atoms with E-state index in [9.17, 15) is 9.59 Å². The van der Waals surface area contributed by atoms with Crippen molar-refractivity contribution in [3.05, 3.63) is 70.8 Å². The summed E-state index contributed by atoms with van der Waals surface area (Å²) in [5.74, 6) is 0.966. The second-order valence-electron chi connectivity index (χ2n) is 12.5. The number of ether oxygens (including phenoxy) is 2. The van der Waals surface area contributed by atoms with Crippen LogP contribution < -0.4 is 4.74 Å². The first kappa shape index (κ1) is 26.1. The van der Waals surface area contributed by atoms with Crippen LogP contribution in [0.3, 0.4) is 0 Å². The van der Waals surface area contributed by atoms with Crippen LogP contribution in [0.25, 0.3) is 6.08 Å². The zero-order chi connectivity index (χ0) is 27.5. The molecule has 0 N–H and O–H groups in total. The van der Waals surface area contributed by atoms with E-state index in [2.05, 4.69) is 63.1 Å². The Morgan fingerprint density at radius 3 is 2.74 bits per heavy atom. The standard InChI is InChI=1S/C33H40N2O4/c1-21(2)20-35(29(37)13-12-24-9-6-8-22(3)18-24)26-14-15-33(39-23(4)36)28-19-25-10-7-11-27-30(25)32(33,31(26)38-27)16-17-34(28)5/h6-13,18,21,26,28,31H,14-17,19-20H2,1-5H3/t26-,28-,31+,32+,33-/m1/s1. The Labute approximate surface area is 232 Å². The van der Waals surface area contributed by atoms with Crippen molar-refractivity contribution in [3.63, 3.8) is 0 Å². The van der Waals surface area contributed by atoms with Gasteiger partial charge in [-0.05, 0) is 75.4 Å². The summed E-state index contributed by atoms with van der Waals surface area (Å²) < 4.78 is 13.4. The smallest absolute Gasteiger partial charge is 0.303 e. The fraction of sp³-hybridized carbons (Fsp3) is 0.515. The second-order valence-corrected chi connectivity index (χ2v) is 12.5. The number of nitrogens with zero attached hydrogens (tertiary/aromatic N) is 2. The Morgan fingerprint density at radius 1 is 1.21 bits per heavy atom. The van der Waals surface area contributed by atoms with Crippen LogP contribution in [0.15, 0.2) is 48.5 Å². The number of carbonyl (C=O) groups excluding carboxylic acids is 2. The monoisotopic (exact) mass is 528 g/mol. The molecule has 1 spiro atoms. The number of amides is 1. The van der Waals surface area contributed by atoms with E-state index in [-0.39, 0.29) is 30.1 Å². The summed E-state index contributed by atoms with van der Waals surface area (Å²) in [6.45, 7) is 9.45. The number of benzene rings is 2. The molecular formula is C33H40N2O4. The minimum atomic E-state index is -0.670. The highest BCUT2D eigenvalue weighted by atomic mass is 16.6. The molecule has 4 aliphatic rings. The van der Waals surface area contributed by atoms with Gasteiger partial charge in [0.25, 0.3) is 0 Å². The van der Waals surface area contributed by atoms with Crippen LogP contribution in [0.2, 0.25) is 0 Å². The summed E-state index contributed by atoms with van der Waals surface area (Å²) in [7, 11) is 2.15. The van der Waals surface area contributed by atoms with Crippen LogP contribution in [0, 0.1) is 12.8 Å². The third kappa shape index (κ3) is 3.94. The third-order valence-electron chi connectivity index (χ3n) is 9.59. The minimum absolute atomic E-state index is 0.00617. The lowest BCUT2D eigenvalue weighted by atomic mass is 9.48. The molecule has 1 amide bonds. The van der Waals surface area contributed by atoms with Gasteiger partial charge in [0.2, 0.25) is 5.91 Å². The molecule has 6 rings (SSSR count). The van der Waals surface area contributed by atoms with Crippen molar-refractivity contribution >= 4 is 18.0 Å². The summed E-state index contributed by atoms with van der Waals surface area (Å²) >= 11 is 0. The molecular weight excluding hydrogens is 488 g/mol. The number of piperidine rings is 1. The van der Waals surface area contributed by atoms with Crippen molar-refractivity contribution in [2.24, 2.45) is 5.92 Å². The molecule has 2 aliphatic heterocycles. The first-order valence-corrected chi connectivity index (χ1v) is 14.4. The van der Waals surface area contributed by atoms with Crippen molar-refractivity contribution in [2.75, 3.05) is 20.1 Å². The van der Waals surface area contributed by atoms with Crippen LogP contribution in [0.5, 0.6) is 5.75 Å². The Balaban J connectivity index is 1.44. The Kier molecular flexibility index (Phi) is 6.37. The van der Waals surface area contributed by atoms with Crippen molar-refractivity contribution in [3.8, 4) is 5.75 Å². The molecule has 2 bridgehead atoms. The summed E-state index contributed by atoms with van der Waals surface area (Å²) in [5, 5.41) is 0. The first-order chi connectivity index (χ1) is 18.7. The Hall–Kier alpha value is -3.12. The van der Waals surface area contributed by atoms with Crippen LogP contribution in [-0.2, 0) is 26.2 Å². The lowest BCUT2D eigenvalue weighted by Gasteiger charge is -2.65. The molecule has 2 aromatic carbocycles. The first-order valence-electron chi connectivity index (χ1n) is 14.4. The molecule has 2 aliphatic carbocycles. The number of rotatable bonds is 6. The molecule has 6 nitrogen and oxygen atoms in total. The fourth-order valence-corrected chi connectivity index (χ4v) is 8.27. The van der Waals surface area contributed by atoms with Gasteiger partial charge in [0.1, 0.15) is 17.5 Å². The maximum absolute atomic E-state index is 13.9. The largest absolute Gasteiger partial charge is 0.487 e. The maximum Gasteiger partial charge on any atom is 0.303 e. The predicted molar refractivity (Wildman–Crippen MR) is 152 cm³/mol. The van der Waals surface area contributed by atoms with Gasteiger partial charge in [-0.2, -0.15) is 0 Å². The Bertz CT molecular complexity index is 1330. The van der Waals surface area contributed by atoms with Crippen molar-refractivity contribution in [2.45, 2.75) is 82.6 Å². The summed E-state index contributed by atoms with van der Waals surface area (Å²) in [5.41, 5.74) is 3.55. The van der Waals surface area contributed by atoms with Gasteiger partial charge >= 0.3 is 5.97 Å². The number of hydrogen-bond donors (Lipinski definition) is 0. The number of esters is 1. The van der Waals surface area contributed by atoms with Crippen LogP contribution in [0.4, 0.5) is 0 Å². The highest BCUT2D eigenvalue weighted by Gasteiger charge is 2.75. The molecule has 5 atom stereocenters. The van der Waals surface area contributed by atoms with E-state index in [1.807, 2.05) is 23.1 Å². The normalized spacial score (nSPS) is 30.7. The maximum atomic E-state index is 13.9. The summed E-state index contributed by atoms with van der Waals surface area (Å²) in [6, 6.07) is 14.5. The van der Waals surface area contributed by atoms with Gasteiger partial charge in [-0.1, -0.05) is 55.8 Å². The van der Waals surface area contributed by atoms with Crippen molar-refractivity contribution < 1.29 is 19.1 Å². The highest BCUT2D eigenvalue weighted by Crippen LogP contribution is 2.65. The Morgan fingerprint density at radius 2 is 2.00 bits per heavy atom. The predicted octanol–water partition coefficient (Wildman–Crippen LogP) is 4.92. The molecule has 2 heterocycles. The number of likely N-dealkylation sites (N-methyl/N-ethyl adjacent to an activating group) is 1. The molecule has 2 fully saturated rings. The molecule has 1 saturated heterocycles. The van der Waals surface area contributed by atoms with E-state index in [0.717, 1.165) is 37.1 Å². The number of aryl methyl sites for hydroxylation is 1. The molecule has 2 aromatic rings. The molecule has 0 aromatic heterocycles. The SMILES string of the molecule is CC(=O)O[C@@]12CC[C@@H](N(CC(C)C)C(=O)C=Cc3cccc(C)c3)[C@@H]3Oc4cccc5c4[C@@]31CCN(C)[C@@H]2C5. The zero-order valence-corrected chi connectivity index (χ0v) is 23.8. The van der Waals surface area contributed by atoms with Gasteiger partial charge < -0.3 is 14.4 Å². The highest BCUT2D eigenvalue weighted by molar-refractivity contribution is 5.92. The van der Waals surface area contributed by atoms with Gasteiger partial charge in [0.05, 0.1) is 17.5 Å². The number of likely N-dealkylation sites (tertiary alicyclic amines) is 1. The third-order valence-corrected chi connectivity index (χ3v) is 9.59. The van der Waals surface area contributed by atoms with Gasteiger partial charge in [0, 0.05) is 25.1 Å². The minimum Gasteiger partial charge on any atom is -0.487 e. The molecule has 206 valence electrons. The van der Waals surface area contributed by atoms with E-state index in [1.165, 1.54) is 23.6 Å². The molecule has 0 radical (unpaired) electrons. The van der Waals surface area contributed by atoms with Crippen molar-refractivity contribution in [1.82, 2.24) is 9.80 Å². The zero-order valence-electron chi connectivity index (χ0n) is 23.8. The van der Waals surface area contributed by atoms with Crippen molar-refractivity contribution in [1.29, 1.82) is 0 Å². The van der Waals surface area contributed by atoms with Gasteiger partial charge in [0.15, 0.2) is 0 Å². The lowest BCUT2D eigenvalue weighted by molar-refractivity contribution is -0.221. The van der Waals surface area contributed by atoms with E-state index in [1.54, 1.807) is 6.08 Å². The number of carbonyl (C=O) groups is 2. The second kappa shape index (κ2) is 9.51. The number of hydrogen-bond acceptors (Lipinski definition) is 5. The van der Waals surface area contributed by atoms with E-state index in [4.69, 9.17) is 9.47 Å². The van der Waals surface area contributed by atoms with E-state index < -0.39 is 11.0 Å². The fourth-order valence-electron chi connectivity index (χ4n) is 8.27. The molecule has 0 unspecified atom stereocenters.